The van der Waals surface area contributed by atoms with E-state index in [-0.39, 0.29) is 0 Å². The van der Waals surface area contributed by atoms with Crippen LogP contribution in [-0.2, 0) is 0 Å². The number of aromatic amines is 2. The van der Waals surface area contributed by atoms with Gasteiger partial charge in [-0.1, -0.05) is 54.6 Å². The van der Waals surface area contributed by atoms with Gasteiger partial charge in [0.05, 0.1) is 5.52 Å². The Morgan fingerprint density at radius 1 is 0.577 bits per heavy atom. The van der Waals surface area contributed by atoms with E-state index >= 15 is 0 Å². The summed E-state index contributed by atoms with van der Waals surface area (Å²) in [6, 6.07) is 31.1. The van der Waals surface area contributed by atoms with E-state index in [9.17, 15) is 0 Å². The number of fused-ring (bicyclic) bond motifs is 6. The Labute approximate surface area is 150 Å². The molecule has 0 unspecified atom stereocenters. The maximum absolute atomic E-state index is 3.59. The Kier molecular flexibility index (Phi) is 2.64. The summed E-state index contributed by atoms with van der Waals surface area (Å²) in [5.74, 6) is 0. The molecule has 0 fully saturated rings. The van der Waals surface area contributed by atoms with Gasteiger partial charge in [-0.3, -0.25) is 0 Å². The van der Waals surface area contributed by atoms with Gasteiger partial charge >= 0.3 is 0 Å². The predicted molar refractivity (Wildman–Crippen MR) is 109 cm³/mol. The lowest BCUT2D eigenvalue weighted by Gasteiger charge is -2.04. The monoisotopic (exact) mass is 331 g/mol. The summed E-state index contributed by atoms with van der Waals surface area (Å²) in [4.78, 5) is 7.12. The molecule has 4 aromatic carbocycles. The minimum atomic E-state index is 1.10. The van der Waals surface area contributed by atoms with E-state index in [0.29, 0.717) is 0 Å². The molecular formula is C24H15N2. The molecule has 26 heavy (non-hydrogen) atoms. The van der Waals surface area contributed by atoms with E-state index in [2.05, 4.69) is 94.9 Å². The second-order valence-electron chi connectivity index (χ2n) is 6.74. The number of hydrogen-bond acceptors (Lipinski definition) is 0. The highest BCUT2D eigenvalue weighted by Crippen LogP contribution is 2.35. The Morgan fingerprint density at radius 3 is 2.12 bits per heavy atom. The van der Waals surface area contributed by atoms with Gasteiger partial charge in [0.15, 0.2) is 0 Å². The second kappa shape index (κ2) is 4.99. The lowest BCUT2D eigenvalue weighted by atomic mass is 10.0. The van der Waals surface area contributed by atoms with Gasteiger partial charge in [0, 0.05) is 43.7 Å². The van der Waals surface area contributed by atoms with E-state index in [1.807, 2.05) is 0 Å². The molecule has 0 amide bonds. The lowest BCUT2D eigenvalue weighted by Crippen LogP contribution is -1.81. The van der Waals surface area contributed by atoms with Crippen molar-refractivity contribution in [1.82, 2.24) is 9.97 Å². The van der Waals surface area contributed by atoms with Gasteiger partial charge in [-0.25, -0.2) is 0 Å². The van der Waals surface area contributed by atoms with Crippen LogP contribution in [0.5, 0.6) is 0 Å². The average molecular weight is 331 g/mol. The molecule has 0 saturated carbocycles. The van der Waals surface area contributed by atoms with Crippen LogP contribution in [0.1, 0.15) is 0 Å². The molecule has 2 aromatic heterocycles. The molecule has 2 N–H and O–H groups in total. The van der Waals surface area contributed by atoms with Crippen molar-refractivity contribution in [3.8, 4) is 11.1 Å². The molecule has 0 saturated heterocycles. The molecular weight excluding hydrogens is 316 g/mol. The number of para-hydroxylation sites is 3. The Hall–Kier alpha value is -3.52. The van der Waals surface area contributed by atoms with Crippen LogP contribution in [0.2, 0.25) is 0 Å². The highest BCUT2D eigenvalue weighted by Gasteiger charge is 2.11. The molecule has 0 bridgehead atoms. The largest absolute Gasteiger partial charge is 0.354 e. The van der Waals surface area contributed by atoms with Crippen LogP contribution >= 0.6 is 0 Å². The van der Waals surface area contributed by atoms with Crippen LogP contribution in [0, 0.1) is 6.07 Å². The molecule has 0 spiro atoms. The molecule has 6 rings (SSSR count). The molecule has 2 heteroatoms. The zero-order chi connectivity index (χ0) is 17.1. The van der Waals surface area contributed by atoms with Gasteiger partial charge in [-0.2, -0.15) is 0 Å². The third-order valence-electron chi connectivity index (χ3n) is 5.27. The van der Waals surface area contributed by atoms with Crippen molar-refractivity contribution in [2.45, 2.75) is 0 Å². The predicted octanol–water partition coefficient (Wildman–Crippen LogP) is 6.42. The fourth-order valence-electron chi connectivity index (χ4n) is 4.04. The van der Waals surface area contributed by atoms with Gasteiger partial charge in [-0.15, -0.1) is 0 Å². The van der Waals surface area contributed by atoms with Gasteiger partial charge < -0.3 is 9.97 Å². The molecule has 0 atom stereocenters. The van der Waals surface area contributed by atoms with Crippen LogP contribution in [0.25, 0.3) is 54.7 Å². The molecule has 1 radical (unpaired) electrons. The van der Waals surface area contributed by atoms with Crippen LogP contribution in [0.15, 0.2) is 78.9 Å². The number of aromatic nitrogens is 2. The summed E-state index contributed by atoms with van der Waals surface area (Å²) < 4.78 is 0. The van der Waals surface area contributed by atoms with Crippen LogP contribution in [0.4, 0.5) is 0 Å². The molecule has 0 aliphatic rings. The average Bonchev–Trinajstić information content (AvgIpc) is 3.25. The van der Waals surface area contributed by atoms with Crippen molar-refractivity contribution in [2.24, 2.45) is 0 Å². The third-order valence-corrected chi connectivity index (χ3v) is 5.27. The van der Waals surface area contributed by atoms with Crippen LogP contribution < -0.4 is 0 Å². The van der Waals surface area contributed by atoms with Crippen LogP contribution in [-0.4, -0.2) is 9.97 Å². The standard InChI is InChI=1S/C24H15N2/c1-3-10-21-17(6-1)19-13-12-15(14-23(19)25-21)16-8-5-9-20-18-7-2-4-11-22(18)26-24(16)20/h1-11,13-14,25-26H. The first-order valence-corrected chi connectivity index (χ1v) is 8.80. The quantitative estimate of drug-likeness (QED) is 0.348. The minimum absolute atomic E-state index is 1.10. The number of rotatable bonds is 1. The molecule has 121 valence electrons. The van der Waals surface area contributed by atoms with E-state index < -0.39 is 0 Å². The minimum Gasteiger partial charge on any atom is -0.354 e. The SMILES string of the molecule is [c]1cc2c(cc1-c1cccc3c1[nH]c1ccccc13)[nH]c1ccccc12. The second-order valence-corrected chi connectivity index (χ2v) is 6.74. The number of benzene rings is 4. The number of nitrogens with one attached hydrogen (secondary N) is 2. The smallest absolute Gasteiger partial charge is 0.0544 e. The molecule has 2 nitrogen and oxygen atoms in total. The first kappa shape index (κ1) is 13.7. The summed E-state index contributed by atoms with van der Waals surface area (Å²) in [7, 11) is 0. The lowest BCUT2D eigenvalue weighted by molar-refractivity contribution is 1.52. The van der Waals surface area contributed by atoms with Gasteiger partial charge in [-0.05, 0) is 35.9 Å². The zero-order valence-corrected chi connectivity index (χ0v) is 14.0. The summed E-state index contributed by atoms with van der Waals surface area (Å²) in [6.45, 7) is 0. The van der Waals surface area contributed by atoms with E-state index in [1.165, 1.54) is 38.1 Å². The van der Waals surface area contributed by atoms with Crippen molar-refractivity contribution in [3.63, 3.8) is 0 Å². The Bertz CT molecular complexity index is 1430. The highest BCUT2D eigenvalue weighted by atomic mass is 14.7. The summed E-state index contributed by atoms with van der Waals surface area (Å²) in [6.07, 6.45) is 0. The summed E-state index contributed by atoms with van der Waals surface area (Å²) >= 11 is 0. The normalized spacial score (nSPS) is 11.8. The van der Waals surface area contributed by atoms with Gasteiger partial charge in [0.1, 0.15) is 0 Å². The molecule has 6 aromatic rings. The maximum Gasteiger partial charge on any atom is 0.0544 e. The van der Waals surface area contributed by atoms with Crippen molar-refractivity contribution in [2.75, 3.05) is 0 Å². The highest BCUT2D eigenvalue weighted by molar-refractivity contribution is 6.13. The third kappa shape index (κ3) is 1.81. The first-order valence-electron chi connectivity index (χ1n) is 8.80. The van der Waals surface area contributed by atoms with Crippen molar-refractivity contribution < 1.29 is 0 Å². The maximum atomic E-state index is 3.59. The number of H-pyrrole nitrogens is 2. The Morgan fingerprint density at radius 2 is 1.27 bits per heavy atom. The van der Waals surface area contributed by atoms with Gasteiger partial charge in [0.25, 0.3) is 0 Å². The Balaban J connectivity index is 1.66. The van der Waals surface area contributed by atoms with E-state index in [0.717, 1.165) is 16.6 Å². The summed E-state index contributed by atoms with van der Waals surface area (Å²) in [5, 5.41) is 4.97. The van der Waals surface area contributed by atoms with E-state index in [1.54, 1.807) is 0 Å². The zero-order valence-electron chi connectivity index (χ0n) is 14.0. The topological polar surface area (TPSA) is 31.6 Å². The molecule has 0 aliphatic carbocycles. The van der Waals surface area contributed by atoms with Crippen molar-refractivity contribution >= 4 is 43.6 Å². The number of hydrogen-bond donors (Lipinski definition) is 2. The fourth-order valence-corrected chi connectivity index (χ4v) is 4.04. The summed E-state index contributed by atoms with van der Waals surface area (Å²) in [5.41, 5.74) is 6.92. The molecule has 2 heterocycles. The van der Waals surface area contributed by atoms with Gasteiger partial charge in [0.2, 0.25) is 0 Å². The van der Waals surface area contributed by atoms with Crippen molar-refractivity contribution in [1.29, 1.82) is 0 Å². The fraction of sp³-hybridized carbons (Fsp3) is 0. The molecule has 0 aliphatic heterocycles. The van der Waals surface area contributed by atoms with Crippen LogP contribution in [0.3, 0.4) is 0 Å². The first-order chi connectivity index (χ1) is 12.9. The van der Waals surface area contributed by atoms with E-state index in [4.69, 9.17) is 0 Å². The van der Waals surface area contributed by atoms with Crippen molar-refractivity contribution in [3.05, 3.63) is 84.9 Å².